The molecule has 3 rings (SSSR count). The Bertz CT molecular complexity index is 375. The molecule has 1 saturated carbocycles. The van der Waals surface area contributed by atoms with Crippen LogP contribution in [0.1, 0.15) is 42.7 Å². The lowest BCUT2D eigenvalue weighted by Gasteiger charge is -2.26. The molecule has 0 aliphatic heterocycles. The fraction of sp³-hybridized carbons (Fsp3) is 0.429. The molecule has 0 nitrogen and oxygen atoms in total. The van der Waals surface area contributed by atoms with Crippen LogP contribution < -0.4 is 0 Å². The first-order valence-electron chi connectivity index (χ1n) is 5.66. The summed E-state index contributed by atoms with van der Waals surface area (Å²) < 4.78 is 0. The predicted molar refractivity (Wildman–Crippen MR) is 60.2 cm³/mol. The Morgan fingerprint density at radius 2 is 1.71 bits per heavy atom. The van der Waals surface area contributed by atoms with E-state index in [9.17, 15) is 0 Å². The monoisotopic (exact) mass is 184 g/mol. The van der Waals surface area contributed by atoms with Crippen molar-refractivity contribution >= 4 is 5.57 Å². The van der Waals surface area contributed by atoms with Crippen LogP contribution in [-0.4, -0.2) is 0 Å². The first-order chi connectivity index (χ1) is 6.88. The fourth-order valence-corrected chi connectivity index (χ4v) is 3.23. The van der Waals surface area contributed by atoms with Crippen molar-refractivity contribution < 1.29 is 0 Å². The van der Waals surface area contributed by atoms with Gasteiger partial charge in [0.25, 0.3) is 0 Å². The van der Waals surface area contributed by atoms with Gasteiger partial charge in [-0.1, -0.05) is 43.7 Å². The van der Waals surface area contributed by atoms with Crippen molar-refractivity contribution in [3.63, 3.8) is 0 Å². The van der Waals surface area contributed by atoms with Crippen molar-refractivity contribution in [3.8, 4) is 0 Å². The van der Waals surface area contributed by atoms with Crippen LogP contribution in [0.3, 0.4) is 0 Å². The Balaban J connectivity index is 2.11. The summed E-state index contributed by atoms with van der Waals surface area (Å²) in [4.78, 5) is 0. The predicted octanol–water partition coefficient (Wildman–Crippen LogP) is 3.99. The molecule has 0 spiro atoms. The summed E-state index contributed by atoms with van der Waals surface area (Å²) in [5, 5.41) is 0. The minimum Gasteiger partial charge on any atom is -0.0949 e. The molecule has 1 aromatic rings. The molecule has 0 unspecified atom stereocenters. The Kier molecular flexibility index (Phi) is 1.76. The van der Waals surface area contributed by atoms with E-state index in [2.05, 4.69) is 30.8 Å². The largest absolute Gasteiger partial charge is 0.0949 e. The van der Waals surface area contributed by atoms with Crippen molar-refractivity contribution in [2.45, 2.75) is 31.6 Å². The van der Waals surface area contributed by atoms with Crippen LogP contribution in [0.25, 0.3) is 5.57 Å². The number of hydrogen-bond acceptors (Lipinski definition) is 0. The highest BCUT2D eigenvalue weighted by molar-refractivity contribution is 5.74. The van der Waals surface area contributed by atoms with Crippen molar-refractivity contribution in [1.82, 2.24) is 0 Å². The molecule has 0 bridgehead atoms. The minimum atomic E-state index is 0.765. The Hall–Kier alpha value is -1.04. The Labute approximate surface area is 85.6 Å². The zero-order valence-electron chi connectivity index (χ0n) is 8.50. The highest BCUT2D eigenvalue weighted by atomic mass is 14.4. The van der Waals surface area contributed by atoms with Gasteiger partial charge in [0.15, 0.2) is 0 Å². The van der Waals surface area contributed by atoms with Gasteiger partial charge in [-0.3, -0.25) is 0 Å². The lowest BCUT2D eigenvalue weighted by Crippen LogP contribution is -2.12. The van der Waals surface area contributed by atoms with E-state index in [1.54, 1.807) is 5.56 Å². The van der Waals surface area contributed by atoms with E-state index in [1.807, 2.05) is 0 Å². The van der Waals surface area contributed by atoms with Gasteiger partial charge in [-0.25, -0.2) is 0 Å². The molecule has 0 saturated heterocycles. The molecule has 0 heteroatoms. The van der Waals surface area contributed by atoms with Crippen molar-refractivity contribution in [2.75, 3.05) is 0 Å². The second-order valence-corrected chi connectivity index (χ2v) is 4.61. The third kappa shape index (κ3) is 1.00. The molecule has 0 N–H and O–H groups in total. The third-order valence-corrected chi connectivity index (χ3v) is 3.92. The van der Waals surface area contributed by atoms with E-state index < -0.39 is 0 Å². The van der Waals surface area contributed by atoms with Crippen molar-refractivity contribution in [1.29, 1.82) is 0 Å². The second-order valence-electron chi connectivity index (χ2n) is 4.61. The molecule has 2 aliphatic carbocycles. The first kappa shape index (κ1) is 8.28. The van der Waals surface area contributed by atoms with Crippen LogP contribution in [-0.2, 0) is 0 Å². The number of hydrogen-bond donors (Lipinski definition) is 0. The molecular formula is C14H16. The zero-order chi connectivity index (χ0) is 9.54. The van der Waals surface area contributed by atoms with Crippen LogP contribution >= 0.6 is 0 Å². The molecule has 0 radical (unpaired) electrons. The minimum absolute atomic E-state index is 0.765. The Morgan fingerprint density at radius 1 is 1.00 bits per heavy atom. The van der Waals surface area contributed by atoms with Crippen LogP contribution in [0.5, 0.6) is 0 Å². The van der Waals surface area contributed by atoms with Gasteiger partial charge in [0, 0.05) is 0 Å². The Morgan fingerprint density at radius 3 is 2.57 bits per heavy atom. The fourth-order valence-electron chi connectivity index (χ4n) is 3.23. The molecule has 2 aliphatic rings. The van der Waals surface area contributed by atoms with Crippen LogP contribution in [0, 0.1) is 5.92 Å². The molecule has 0 amide bonds. The van der Waals surface area contributed by atoms with Gasteiger partial charge >= 0.3 is 0 Å². The molecule has 0 heterocycles. The van der Waals surface area contributed by atoms with E-state index in [0.29, 0.717) is 0 Å². The SMILES string of the molecule is C=C1c2ccccc2[C@H]2CCCC[C@@H]12. The number of allylic oxidation sites excluding steroid dienone is 1. The maximum atomic E-state index is 4.28. The van der Waals surface area contributed by atoms with Gasteiger partial charge in [-0.05, 0) is 41.4 Å². The van der Waals surface area contributed by atoms with E-state index in [1.165, 1.54) is 36.8 Å². The summed E-state index contributed by atoms with van der Waals surface area (Å²) >= 11 is 0. The summed E-state index contributed by atoms with van der Waals surface area (Å²) in [5.74, 6) is 1.56. The summed E-state index contributed by atoms with van der Waals surface area (Å²) in [5.41, 5.74) is 4.43. The van der Waals surface area contributed by atoms with Gasteiger partial charge in [0.05, 0.1) is 0 Å². The highest BCUT2D eigenvalue weighted by Crippen LogP contribution is 2.51. The molecule has 14 heavy (non-hydrogen) atoms. The van der Waals surface area contributed by atoms with Crippen molar-refractivity contribution in [2.24, 2.45) is 5.92 Å². The number of fused-ring (bicyclic) bond motifs is 3. The maximum absolute atomic E-state index is 4.28. The summed E-state index contributed by atoms with van der Waals surface area (Å²) in [7, 11) is 0. The van der Waals surface area contributed by atoms with Crippen LogP contribution in [0.2, 0.25) is 0 Å². The van der Waals surface area contributed by atoms with E-state index >= 15 is 0 Å². The van der Waals surface area contributed by atoms with Crippen LogP contribution in [0.4, 0.5) is 0 Å². The van der Waals surface area contributed by atoms with Gasteiger partial charge in [-0.15, -0.1) is 0 Å². The van der Waals surface area contributed by atoms with E-state index in [0.717, 1.165) is 11.8 Å². The summed E-state index contributed by atoms with van der Waals surface area (Å²) in [6.45, 7) is 4.28. The molecule has 0 aromatic heterocycles. The van der Waals surface area contributed by atoms with E-state index in [4.69, 9.17) is 0 Å². The highest BCUT2D eigenvalue weighted by Gasteiger charge is 2.36. The topological polar surface area (TPSA) is 0 Å². The second kappa shape index (κ2) is 2.98. The van der Waals surface area contributed by atoms with E-state index in [-0.39, 0.29) is 0 Å². The zero-order valence-corrected chi connectivity index (χ0v) is 8.50. The lowest BCUT2D eigenvalue weighted by molar-refractivity contribution is 0.385. The molecular weight excluding hydrogens is 168 g/mol. The van der Waals surface area contributed by atoms with Gasteiger partial charge in [-0.2, -0.15) is 0 Å². The maximum Gasteiger partial charge on any atom is -0.00871 e. The van der Waals surface area contributed by atoms with Crippen molar-refractivity contribution in [3.05, 3.63) is 42.0 Å². The first-order valence-corrected chi connectivity index (χ1v) is 5.66. The van der Waals surface area contributed by atoms with Crippen LogP contribution in [0.15, 0.2) is 30.8 Å². The average Bonchev–Trinajstić information content (AvgIpc) is 2.55. The average molecular weight is 184 g/mol. The number of rotatable bonds is 0. The molecule has 72 valence electrons. The van der Waals surface area contributed by atoms with Gasteiger partial charge < -0.3 is 0 Å². The quantitative estimate of drug-likeness (QED) is 0.572. The standard InChI is InChI=1S/C14H16/c1-10-11-6-2-4-8-13(11)14-9-5-3-7-12(10)14/h2,4,6,8,12,14H,1,3,5,7,9H2/t12-,14-/m0/s1. The normalized spacial score (nSPS) is 29.9. The van der Waals surface area contributed by atoms with Gasteiger partial charge in [0.1, 0.15) is 0 Å². The lowest BCUT2D eigenvalue weighted by atomic mass is 9.79. The molecule has 1 aromatic carbocycles. The van der Waals surface area contributed by atoms with Gasteiger partial charge in [0.2, 0.25) is 0 Å². The molecule has 2 atom stereocenters. The number of benzene rings is 1. The molecule has 1 fully saturated rings. The summed E-state index contributed by atoms with van der Waals surface area (Å²) in [6.07, 6.45) is 5.54. The smallest absolute Gasteiger partial charge is 0.00871 e. The third-order valence-electron chi connectivity index (χ3n) is 3.92. The summed E-state index contributed by atoms with van der Waals surface area (Å²) in [6, 6.07) is 8.86.